The van der Waals surface area contributed by atoms with Crippen LogP contribution in [0.4, 0.5) is 0 Å². The number of amidine groups is 1. The van der Waals surface area contributed by atoms with Crippen LogP contribution in [-0.4, -0.2) is 48.7 Å². The number of hydrogen-bond donors (Lipinski definition) is 1. The highest BCUT2D eigenvalue weighted by atomic mass is 35.5. The van der Waals surface area contributed by atoms with Crippen LogP contribution >= 0.6 is 23.8 Å². The second-order valence-electron chi connectivity index (χ2n) is 9.89. The molecule has 1 saturated heterocycles. The molecule has 1 N–H and O–H groups in total. The highest BCUT2D eigenvalue weighted by Crippen LogP contribution is 2.40. The van der Waals surface area contributed by atoms with Crippen molar-refractivity contribution < 1.29 is 4.74 Å². The maximum atomic E-state index is 9.49. The Morgan fingerprint density at radius 3 is 2.56 bits per heavy atom. The largest absolute Gasteiger partial charge is 0.466 e. The summed E-state index contributed by atoms with van der Waals surface area (Å²) < 4.78 is 8.15. The summed E-state index contributed by atoms with van der Waals surface area (Å²) in [5.74, 6) is 1.48. The molecule has 1 aromatic carbocycles. The van der Waals surface area contributed by atoms with Crippen molar-refractivity contribution in [2.24, 2.45) is 10.4 Å². The van der Waals surface area contributed by atoms with Crippen molar-refractivity contribution in [2.45, 2.75) is 70.7 Å². The van der Waals surface area contributed by atoms with Gasteiger partial charge in [0.2, 0.25) is 6.23 Å². The minimum absolute atomic E-state index is 0.235. The monoisotopic (exact) mass is 499 g/mol. The predicted molar refractivity (Wildman–Crippen MR) is 136 cm³/mol. The molecule has 1 aliphatic carbocycles. The Hall–Kier alpha value is -2.70. The van der Waals surface area contributed by atoms with E-state index in [1.807, 2.05) is 17.0 Å². The van der Waals surface area contributed by atoms with E-state index in [0.717, 1.165) is 31.5 Å². The molecular weight excluding hydrogens is 470 g/mol. The van der Waals surface area contributed by atoms with Crippen LogP contribution in [-0.2, 0) is 0 Å². The van der Waals surface area contributed by atoms with Gasteiger partial charge in [0, 0.05) is 5.02 Å². The molecule has 0 bridgehead atoms. The number of thiocarbonyl (C=S) groups is 1. The first-order valence-corrected chi connectivity index (χ1v) is 12.3. The lowest BCUT2D eigenvalue weighted by Gasteiger charge is -2.41. The third-order valence-electron chi connectivity index (χ3n) is 6.53. The zero-order valence-corrected chi connectivity index (χ0v) is 21.3. The second-order valence-corrected chi connectivity index (χ2v) is 10.7. The van der Waals surface area contributed by atoms with E-state index >= 15 is 0 Å². The number of ether oxygens (including phenoxy) is 1. The Balaban J connectivity index is 1.78. The molecule has 10 heteroatoms. The lowest BCUT2D eigenvalue weighted by atomic mass is 9.79. The first-order chi connectivity index (χ1) is 16.2. The quantitative estimate of drug-likeness (QED) is 0.453. The normalized spacial score (nSPS) is 20.7. The summed E-state index contributed by atoms with van der Waals surface area (Å²) in [5.41, 5.74) is -0.681. The van der Waals surface area contributed by atoms with E-state index in [0.29, 0.717) is 15.9 Å². The Labute approximate surface area is 211 Å². The maximum absolute atomic E-state index is 9.49. The molecule has 2 aromatic rings. The van der Waals surface area contributed by atoms with Crippen molar-refractivity contribution in [3.05, 3.63) is 41.9 Å². The van der Waals surface area contributed by atoms with Gasteiger partial charge >= 0.3 is 0 Å². The average Bonchev–Trinajstić information content (AvgIpc) is 3.41. The van der Waals surface area contributed by atoms with Crippen molar-refractivity contribution in [2.75, 3.05) is 6.54 Å². The number of rotatable bonds is 6. The van der Waals surface area contributed by atoms with Gasteiger partial charge in [0.1, 0.15) is 42.4 Å². The highest BCUT2D eigenvalue weighted by Gasteiger charge is 2.50. The topological polar surface area (TPSA) is 91.4 Å². The molecule has 34 heavy (non-hydrogen) atoms. The number of benzene rings is 1. The molecule has 4 rings (SSSR count). The SMILES string of the molecule is CC(C)(C)[C@@H](N=C1NC(=S)N(CC#N)C12CCCCC2)[C@@H](Oc1ccc(Cl)cc1)n1cncn1. The van der Waals surface area contributed by atoms with Gasteiger partial charge in [0.05, 0.1) is 6.07 Å². The average molecular weight is 500 g/mol. The van der Waals surface area contributed by atoms with E-state index in [9.17, 15) is 5.26 Å². The molecule has 2 aliphatic rings. The molecule has 0 unspecified atom stereocenters. The van der Waals surface area contributed by atoms with Gasteiger partial charge in [-0.1, -0.05) is 51.6 Å². The molecule has 0 amide bonds. The van der Waals surface area contributed by atoms with Gasteiger partial charge in [-0.25, -0.2) is 9.67 Å². The lowest BCUT2D eigenvalue weighted by molar-refractivity contribution is 0.0465. The van der Waals surface area contributed by atoms with E-state index in [-0.39, 0.29) is 23.5 Å². The zero-order chi connectivity index (χ0) is 24.3. The minimum atomic E-state index is -0.558. The van der Waals surface area contributed by atoms with Gasteiger partial charge in [-0.15, -0.1) is 0 Å². The first-order valence-electron chi connectivity index (χ1n) is 11.5. The van der Waals surface area contributed by atoms with Gasteiger partial charge in [-0.05, 0) is 54.7 Å². The molecule has 8 nitrogen and oxygen atoms in total. The number of nitriles is 1. The number of aromatic nitrogens is 3. The summed E-state index contributed by atoms with van der Waals surface area (Å²) in [6, 6.07) is 9.20. The summed E-state index contributed by atoms with van der Waals surface area (Å²) in [5, 5.41) is 18.4. The molecule has 2 atom stereocenters. The van der Waals surface area contributed by atoms with Crippen molar-refractivity contribution >= 4 is 34.8 Å². The Morgan fingerprint density at radius 2 is 1.97 bits per heavy atom. The van der Waals surface area contributed by atoms with Gasteiger partial charge in [-0.2, -0.15) is 10.4 Å². The van der Waals surface area contributed by atoms with E-state index in [4.69, 9.17) is 33.5 Å². The smallest absolute Gasteiger partial charge is 0.215 e. The van der Waals surface area contributed by atoms with Crippen LogP contribution in [0.3, 0.4) is 0 Å². The summed E-state index contributed by atoms with van der Waals surface area (Å²) in [6.45, 7) is 6.62. The summed E-state index contributed by atoms with van der Waals surface area (Å²) >= 11 is 11.7. The van der Waals surface area contributed by atoms with Crippen LogP contribution in [0, 0.1) is 16.7 Å². The summed E-state index contributed by atoms with van der Waals surface area (Å²) in [6.07, 6.45) is 7.70. The fourth-order valence-corrected chi connectivity index (χ4v) is 5.25. The lowest BCUT2D eigenvalue weighted by Crippen LogP contribution is -2.52. The molecule has 0 radical (unpaired) electrons. The molecule has 180 valence electrons. The molecule has 1 spiro atoms. The minimum Gasteiger partial charge on any atom is -0.466 e. The molecule has 1 aromatic heterocycles. The fraction of sp³-hybridized carbons (Fsp3) is 0.542. The van der Waals surface area contributed by atoms with Crippen molar-refractivity contribution in [1.82, 2.24) is 25.0 Å². The predicted octanol–water partition coefficient (Wildman–Crippen LogP) is 4.74. The van der Waals surface area contributed by atoms with Crippen LogP contribution in [0.2, 0.25) is 5.02 Å². The zero-order valence-electron chi connectivity index (χ0n) is 19.7. The van der Waals surface area contributed by atoms with Gasteiger partial charge < -0.3 is 15.0 Å². The standard InChI is InChI=1S/C24H30ClN7OS/c1-23(2,3)19(20(32-16-27-15-28-32)33-18-9-7-17(25)8-10-18)29-21-24(11-5-4-6-12-24)31(14-13-26)22(34)30-21/h7-10,15-16,19-20H,4-6,11-12,14H2,1-3H3,(H,29,30,34)/t19-,20+/m0/s1. The van der Waals surface area contributed by atoms with Crippen LogP contribution < -0.4 is 10.1 Å². The third-order valence-corrected chi connectivity index (χ3v) is 7.11. The van der Waals surface area contributed by atoms with Crippen molar-refractivity contribution in [3.8, 4) is 11.8 Å². The van der Waals surface area contributed by atoms with Gasteiger partial charge in [0.25, 0.3) is 0 Å². The van der Waals surface area contributed by atoms with Crippen LogP contribution in [0.15, 0.2) is 41.9 Å². The Kier molecular flexibility index (Phi) is 7.10. The number of nitrogens with one attached hydrogen (secondary N) is 1. The van der Waals surface area contributed by atoms with E-state index in [1.54, 1.807) is 23.1 Å². The molecular formula is C24H30ClN7OS. The number of hydrogen-bond acceptors (Lipinski definition) is 6. The van der Waals surface area contributed by atoms with E-state index < -0.39 is 6.23 Å². The first kappa shape index (κ1) is 24.4. The maximum Gasteiger partial charge on any atom is 0.215 e. The molecule has 1 saturated carbocycles. The molecule has 2 fully saturated rings. The van der Waals surface area contributed by atoms with Crippen LogP contribution in [0.5, 0.6) is 5.75 Å². The number of halogens is 1. The Bertz CT molecular complexity index is 1070. The van der Waals surface area contributed by atoms with Crippen LogP contribution in [0.1, 0.15) is 59.1 Å². The van der Waals surface area contributed by atoms with Crippen molar-refractivity contribution in [3.63, 3.8) is 0 Å². The van der Waals surface area contributed by atoms with E-state index in [2.05, 4.69) is 42.2 Å². The second kappa shape index (κ2) is 9.88. The Morgan fingerprint density at radius 1 is 1.26 bits per heavy atom. The number of nitrogens with zero attached hydrogens (tertiary/aromatic N) is 6. The fourth-order valence-electron chi connectivity index (χ4n) is 4.79. The van der Waals surface area contributed by atoms with Crippen LogP contribution in [0.25, 0.3) is 0 Å². The number of aliphatic imine (C=N–C) groups is 1. The van der Waals surface area contributed by atoms with Gasteiger partial charge in [0.15, 0.2) is 5.11 Å². The molecule has 2 heterocycles. The summed E-state index contributed by atoms with van der Waals surface area (Å²) in [4.78, 5) is 11.5. The van der Waals surface area contributed by atoms with E-state index in [1.165, 1.54) is 12.7 Å². The highest BCUT2D eigenvalue weighted by molar-refractivity contribution is 7.80. The summed E-state index contributed by atoms with van der Waals surface area (Å²) in [7, 11) is 0. The third kappa shape index (κ3) is 4.89. The molecule has 1 aliphatic heterocycles. The van der Waals surface area contributed by atoms with Crippen molar-refractivity contribution in [1.29, 1.82) is 5.26 Å². The van der Waals surface area contributed by atoms with Gasteiger partial charge in [-0.3, -0.25) is 4.99 Å².